The van der Waals surface area contributed by atoms with Crippen molar-refractivity contribution in [2.75, 3.05) is 11.1 Å². The zero-order valence-corrected chi connectivity index (χ0v) is 8.73. The van der Waals surface area contributed by atoms with Crippen LogP contribution in [0.3, 0.4) is 0 Å². The number of hydrogen-bond donors (Lipinski definition) is 2. The van der Waals surface area contributed by atoms with E-state index in [2.05, 4.69) is 15.0 Å². The van der Waals surface area contributed by atoms with Crippen LogP contribution in [0.15, 0.2) is 35.2 Å². The maximum absolute atomic E-state index is 11.8. The third-order valence-corrected chi connectivity index (χ3v) is 2.22. The highest BCUT2D eigenvalue weighted by Gasteiger charge is 2.07. The number of anilines is 2. The highest BCUT2D eigenvalue weighted by molar-refractivity contribution is 6.04. The molecule has 0 aliphatic carbocycles. The van der Waals surface area contributed by atoms with E-state index in [0.717, 1.165) is 5.56 Å². The van der Waals surface area contributed by atoms with Crippen molar-refractivity contribution in [3.63, 3.8) is 0 Å². The van der Waals surface area contributed by atoms with Crippen LogP contribution < -0.4 is 11.1 Å². The molecule has 2 rings (SSSR count). The standard InChI is InChI=1S/C11H11N3O2/c1-7-4-8(2-3-10(7)12)11(15)14-9-5-13-16-6-9/h2-6H,12H2,1H3,(H,14,15). The van der Waals surface area contributed by atoms with Crippen molar-refractivity contribution < 1.29 is 9.32 Å². The lowest BCUT2D eigenvalue weighted by atomic mass is 10.1. The van der Waals surface area contributed by atoms with Crippen LogP contribution in [-0.2, 0) is 0 Å². The predicted molar refractivity (Wildman–Crippen MR) is 60.0 cm³/mol. The summed E-state index contributed by atoms with van der Waals surface area (Å²) in [7, 11) is 0. The van der Waals surface area contributed by atoms with E-state index >= 15 is 0 Å². The van der Waals surface area contributed by atoms with Gasteiger partial charge in [0.2, 0.25) is 0 Å². The van der Waals surface area contributed by atoms with Crippen molar-refractivity contribution >= 4 is 17.3 Å². The van der Waals surface area contributed by atoms with Gasteiger partial charge in [0.05, 0.1) is 6.20 Å². The minimum absolute atomic E-state index is 0.216. The number of carbonyl (C=O) groups excluding carboxylic acids is 1. The van der Waals surface area contributed by atoms with Gasteiger partial charge >= 0.3 is 0 Å². The number of benzene rings is 1. The number of nitrogen functional groups attached to an aromatic ring is 1. The second-order valence-electron chi connectivity index (χ2n) is 3.44. The summed E-state index contributed by atoms with van der Waals surface area (Å²) in [6, 6.07) is 5.11. The van der Waals surface area contributed by atoms with E-state index in [-0.39, 0.29) is 5.91 Å². The lowest BCUT2D eigenvalue weighted by Crippen LogP contribution is -2.11. The van der Waals surface area contributed by atoms with E-state index in [4.69, 9.17) is 5.73 Å². The van der Waals surface area contributed by atoms with Crippen LogP contribution in [0.25, 0.3) is 0 Å². The van der Waals surface area contributed by atoms with E-state index in [0.29, 0.717) is 16.9 Å². The molecule has 0 fully saturated rings. The highest BCUT2D eigenvalue weighted by atomic mass is 16.5. The Morgan fingerprint density at radius 2 is 2.31 bits per heavy atom. The molecular weight excluding hydrogens is 206 g/mol. The molecule has 16 heavy (non-hydrogen) atoms. The number of aromatic nitrogens is 1. The Bertz CT molecular complexity index is 506. The molecule has 82 valence electrons. The summed E-state index contributed by atoms with van der Waals surface area (Å²) in [6.07, 6.45) is 2.80. The Morgan fingerprint density at radius 3 is 2.94 bits per heavy atom. The second-order valence-corrected chi connectivity index (χ2v) is 3.44. The van der Waals surface area contributed by atoms with Crippen molar-refractivity contribution in [3.05, 3.63) is 41.8 Å². The van der Waals surface area contributed by atoms with Crippen LogP contribution in [0.5, 0.6) is 0 Å². The van der Waals surface area contributed by atoms with Gasteiger partial charge < -0.3 is 15.6 Å². The van der Waals surface area contributed by atoms with E-state index in [1.165, 1.54) is 12.5 Å². The van der Waals surface area contributed by atoms with Gasteiger partial charge in [-0.15, -0.1) is 0 Å². The zero-order valence-electron chi connectivity index (χ0n) is 8.73. The fraction of sp³-hybridized carbons (Fsp3) is 0.0909. The molecule has 1 aromatic heterocycles. The lowest BCUT2D eigenvalue weighted by Gasteiger charge is -2.04. The van der Waals surface area contributed by atoms with Gasteiger partial charge in [0.1, 0.15) is 12.0 Å². The minimum atomic E-state index is -0.216. The SMILES string of the molecule is Cc1cc(C(=O)Nc2cnoc2)ccc1N. The molecule has 0 saturated heterocycles. The maximum atomic E-state index is 11.8. The number of nitrogens with two attached hydrogens (primary N) is 1. The number of carbonyl (C=O) groups is 1. The maximum Gasteiger partial charge on any atom is 0.255 e. The molecule has 1 amide bonds. The van der Waals surface area contributed by atoms with Gasteiger partial charge in [-0.2, -0.15) is 0 Å². The fourth-order valence-electron chi connectivity index (χ4n) is 1.29. The monoisotopic (exact) mass is 217 g/mol. The molecule has 1 aromatic carbocycles. The molecule has 2 aromatic rings. The summed E-state index contributed by atoms with van der Waals surface area (Å²) in [4.78, 5) is 11.8. The van der Waals surface area contributed by atoms with Crippen molar-refractivity contribution in [2.24, 2.45) is 0 Å². The van der Waals surface area contributed by atoms with E-state index in [1.807, 2.05) is 6.92 Å². The first-order valence-electron chi connectivity index (χ1n) is 4.73. The van der Waals surface area contributed by atoms with Crippen molar-refractivity contribution in [3.8, 4) is 0 Å². The van der Waals surface area contributed by atoms with Crippen LogP contribution >= 0.6 is 0 Å². The Morgan fingerprint density at radius 1 is 1.50 bits per heavy atom. The molecule has 0 spiro atoms. The molecule has 0 radical (unpaired) electrons. The average Bonchev–Trinajstić information content (AvgIpc) is 2.74. The predicted octanol–water partition coefficient (Wildman–Crippen LogP) is 1.82. The van der Waals surface area contributed by atoms with Crippen molar-refractivity contribution in [1.29, 1.82) is 0 Å². The van der Waals surface area contributed by atoms with E-state index < -0.39 is 0 Å². The number of nitrogens with zero attached hydrogens (tertiary/aromatic N) is 1. The Balaban J connectivity index is 2.18. The summed E-state index contributed by atoms with van der Waals surface area (Å²) in [5.74, 6) is -0.216. The number of nitrogens with one attached hydrogen (secondary N) is 1. The Labute approximate surface area is 92.2 Å². The summed E-state index contributed by atoms with van der Waals surface area (Å²) in [5, 5.41) is 6.14. The lowest BCUT2D eigenvalue weighted by molar-refractivity contribution is 0.102. The first kappa shape index (κ1) is 10.2. The zero-order chi connectivity index (χ0) is 11.5. The summed E-state index contributed by atoms with van der Waals surface area (Å²) in [6.45, 7) is 1.85. The minimum Gasteiger partial charge on any atom is -0.399 e. The van der Waals surface area contributed by atoms with Gasteiger partial charge in [0.25, 0.3) is 5.91 Å². The molecule has 0 atom stereocenters. The molecule has 5 nitrogen and oxygen atoms in total. The third kappa shape index (κ3) is 2.03. The van der Waals surface area contributed by atoms with E-state index in [9.17, 15) is 4.79 Å². The number of hydrogen-bond acceptors (Lipinski definition) is 4. The molecule has 0 saturated carbocycles. The summed E-state index contributed by atoms with van der Waals surface area (Å²) < 4.78 is 4.61. The van der Waals surface area contributed by atoms with Gasteiger partial charge in [-0.25, -0.2) is 0 Å². The average molecular weight is 217 g/mol. The first-order valence-corrected chi connectivity index (χ1v) is 4.73. The molecule has 0 bridgehead atoms. The second kappa shape index (κ2) is 4.06. The van der Waals surface area contributed by atoms with Gasteiger partial charge in [-0.1, -0.05) is 5.16 Å². The fourth-order valence-corrected chi connectivity index (χ4v) is 1.29. The summed E-state index contributed by atoms with van der Waals surface area (Å²) >= 11 is 0. The van der Waals surface area contributed by atoms with Crippen molar-refractivity contribution in [1.82, 2.24) is 5.16 Å². The molecule has 0 unspecified atom stereocenters. The number of rotatable bonds is 2. The smallest absolute Gasteiger partial charge is 0.255 e. The van der Waals surface area contributed by atoms with Gasteiger partial charge in [0, 0.05) is 11.3 Å². The summed E-state index contributed by atoms with van der Waals surface area (Å²) in [5.41, 5.74) is 8.29. The van der Waals surface area contributed by atoms with Crippen LogP contribution in [-0.4, -0.2) is 11.1 Å². The molecular formula is C11H11N3O2. The Hall–Kier alpha value is -2.30. The molecule has 5 heteroatoms. The van der Waals surface area contributed by atoms with Crippen LogP contribution in [0.2, 0.25) is 0 Å². The quantitative estimate of drug-likeness (QED) is 0.752. The van der Waals surface area contributed by atoms with Crippen LogP contribution in [0, 0.1) is 6.92 Å². The van der Waals surface area contributed by atoms with Gasteiger partial charge in [0.15, 0.2) is 0 Å². The molecule has 1 heterocycles. The largest absolute Gasteiger partial charge is 0.399 e. The normalized spacial score (nSPS) is 10.1. The highest BCUT2D eigenvalue weighted by Crippen LogP contribution is 2.14. The molecule has 0 aliphatic rings. The van der Waals surface area contributed by atoms with Gasteiger partial charge in [-0.3, -0.25) is 4.79 Å². The number of amides is 1. The molecule has 3 N–H and O–H groups in total. The topological polar surface area (TPSA) is 81.2 Å². The molecule has 0 aliphatic heterocycles. The van der Waals surface area contributed by atoms with Crippen LogP contribution in [0.1, 0.15) is 15.9 Å². The first-order chi connectivity index (χ1) is 7.66. The van der Waals surface area contributed by atoms with Crippen LogP contribution in [0.4, 0.5) is 11.4 Å². The van der Waals surface area contributed by atoms with Crippen molar-refractivity contribution in [2.45, 2.75) is 6.92 Å². The number of aryl methyl sites for hydroxylation is 1. The third-order valence-electron chi connectivity index (χ3n) is 2.22. The van der Waals surface area contributed by atoms with Gasteiger partial charge in [-0.05, 0) is 30.7 Å². The Kier molecular flexibility index (Phi) is 2.59. The van der Waals surface area contributed by atoms with E-state index in [1.54, 1.807) is 18.2 Å².